The van der Waals surface area contributed by atoms with Crippen molar-refractivity contribution in [2.75, 3.05) is 13.7 Å². The first kappa shape index (κ1) is 24.8. The molecule has 0 saturated carbocycles. The van der Waals surface area contributed by atoms with Crippen molar-refractivity contribution in [3.8, 4) is 16.9 Å². The highest BCUT2D eigenvalue weighted by Gasteiger charge is 2.35. The first-order chi connectivity index (χ1) is 17.1. The quantitative estimate of drug-likeness (QED) is 0.407. The molecule has 2 aromatic heterocycles. The molecular formula is C29H35FN2O4. The second kappa shape index (κ2) is 9.18. The summed E-state index contributed by atoms with van der Waals surface area (Å²) >= 11 is 0. The number of hydrogen-bond donors (Lipinski definition) is 0. The topological polar surface area (TPSA) is 62.6 Å². The van der Waals surface area contributed by atoms with Crippen LogP contribution >= 0.6 is 0 Å². The lowest BCUT2D eigenvalue weighted by Gasteiger charge is -2.29. The molecule has 0 bridgehead atoms. The Labute approximate surface area is 211 Å². The Morgan fingerprint density at radius 3 is 2.67 bits per heavy atom. The summed E-state index contributed by atoms with van der Waals surface area (Å²) in [5.74, 6) is -0.536. The average molecular weight is 495 g/mol. The molecule has 0 saturated heterocycles. The Morgan fingerprint density at radius 1 is 1.17 bits per heavy atom. The van der Waals surface area contributed by atoms with E-state index in [2.05, 4.69) is 10.6 Å². The van der Waals surface area contributed by atoms with Crippen LogP contribution in [0.5, 0.6) is 5.75 Å². The number of pyridine rings is 1. The van der Waals surface area contributed by atoms with Crippen LogP contribution < -0.4 is 4.74 Å². The molecule has 0 amide bonds. The van der Waals surface area contributed by atoms with Gasteiger partial charge < -0.3 is 18.8 Å². The van der Waals surface area contributed by atoms with E-state index in [0.717, 1.165) is 71.9 Å². The van der Waals surface area contributed by atoms with Crippen LogP contribution in [0, 0.1) is 19.7 Å². The summed E-state index contributed by atoms with van der Waals surface area (Å²) < 4.78 is 35.0. The van der Waals surface area contributed by atoms with Crippen LogP contribution in [0.1, 0.15) is 74.2 Å². The molecule has 192 valence electrons. The zero-order valence-electron chi connectivity index (χ0n) is 22.1. The molecule has 5 rings (SSSR count). The summed E-state index contributed by atoms with van der Waals surface area (Å²) in [5, 5.41) is 0.915. The van der Waals surface area contributed by atoms with Crippen LogP contribution in [0.25, 0.3) is 22.2 Å². The first-order valence-corrected chi connectivity index (χ1v) is 12.8. The SMILES string of the molecule is COC(=O)[C@@H](OC(C)(C)C)c1c(C)nc2c(cc3n2CCCC3)c1-c1cc(F)c2c(c1C)CCCO2. The van der Waals surface area contributed by atoms with Crippen molar-refractivity contribution in [1.82, 2.24) is 9.55 Å². The van der Waals surface area contributed by atoms with Gasteiger partial charge in [0.2, 0.25) is 0 Å². The minimum absolute atomic E-state index is 0.345. The maximum absolute atomic E-state index is 15.5. The van der Waals surface area contributed by atoms with E-state index in [1.165, 1.54) is 12.8 Å². The van der Waals surface area contributed by atoms with Crippen LogP contribution in [0.15, 0.2) is 12.1 Å². The first-order valence-electron chi connectivity index (χ1n) is 12.8. The van der Waals surface area contributed by atoms with Gasteiger partial charge in [-0.05, 0) is 90.0 Å². The summed E-state index contributed by atoms with van der Waals surface area (Å²) in [4.78, 5) is 18.2. The molecule has 1 aromatic carbocycles. The Bertz CT molecular complexity index is 1350. The number of hydrogen-bond acceptors (Lipinski definition) is 5. The van der Waals surface area contributed by atoms with E-state index in [-0.39, 0.29) is 5.82 Å². The number of nitrogens with zero attached hydrogens (tertiary/aromatic N) is 2. The number of methoxy groups -OCH3 is 1. The van der Waals surface area contributed by atoms with Crippen molar-refractivity contribution in [2.45, 2.75) is 85.0 Å². The van der Waals surface area contributed by atoms with E-state index < -0.39 is 17.7 Å². The Balaban J connectivity index is 1.88. The molecule has 1 atom stereocenters. The molecule has 0 aliphatic carbocycles. The predicted molar refractivity (Wildman–Crippen MR) is 137 cm³/mol. The van der Waals surface area contributed by atoms with Crippen LogP contribution in [-0.2, 0) is 33.7 Å². The largest absolute Gasteiger partial charge is 0.490 e. The number of rotatable bonds is 4. The molecule has 0 spiro atoms. The number of benzene rings is 1. The van der Waals surface area contributed by atoms with E-state index in [4.69, 9.17) is 19.2 Å². The number of ether oxygens (including phenoxy) is 3. The van der Waals surface area contributed by atoms with Crippen molar-refractivity contribution in [2.24, 2.45) is 0 Å². The average Bonchev–Trinajstić information content (AvgIpc) is 3.21. The van der Waals surface area contributed by atoms with E-state index in [1.807, 2.05) is 34.6 Å². The van der Waals surface area contributed by atoms with Crippen LogP contribution in [0.3, 0.4) is 0 Å². The van der Waals surface area contributed by atoms with Gasteiger partial charge in [0.15, 0.2) is 17.7 Å². The molecule has 4 heterocycles. The van der Waals surface area contributed by atoms with Crippen molar-refractivity contribution >= 4 is 17.0 Å². The second-order valence-corrected chi connectivity index (χ2v) is 10.9. The number of carbonyl (C=O) groups is 1. The van der Waals surface area contributed by atoms with Gasteiger partial charge in [-0.1, -0.05) is 0 Å². The zero-order valence-corrected chi connectivity index (χ0v) is 22.1. The molecule has 6 nitrogen and oxygen atoms in total. The van der Waals surface area contributed by atoms with Crippen LogP contribution in [0.2, 0.25) is 0 Å². The van der Waals surface area contributed by atoms with Crippen molar-refractivity contribution in [3.05, 3.63) is 46.0 Å². The van der Waals surface area contributed by atoms with Gasteiger partial charge in [0, 0.05) is 40.0 Å². The molecule has 2 aliphatic rings. The molecule has 3 aromatic rings. The predicted octanol–water partition coefficient (Wildman–Crippen LogP) is 6.15. The molecular weight excluding hydrogens is 459 g/mol. The van der Waals surface area contributed by atoms with Gasteiger partial charge in [-0.2, -0.15) is 0 Å². The Morgan fingerprint density at radius 2 is 1.94 bits per heavy atom. The standard InChI is InChI=1S/C29H35FN2O4/c1-16-19-11-9-13-35-25(19)22(30)15-20(16)24-21-14-18-10-7-8-12-32(18)27(21)31-17(2)23(24)26(28(33)34-6)36-29(3,4)5/h14-15,26H,7-13H2,1-6H3/t26-/m0/s1. The van der Waals surface area contributed by atoms with Gasteiger partial charge >= 0.3 is 5.97 Å². The fraction of sp³-hybridized carbons (Fsp3) is 0.517. The van der Waals surface area contributed by atoms with Gasteiger partial charge in [0.25, 0.3) is 0 Å². The number of aromatic nitrogens is 2. The number of esters is 1. The van der Waals surface area contributed by atoms with Gasteiger partial charge in [0.1, 0.15) is 5.65 Å². The lowest BCUT2D eigenvalue weighted by atomic mass is 9.86. The fourth-order valence-corrected chi connectivity index (χ4v) is 5.69. The molecule has 2 aliphatic heterocycles. The maximum atomic E-state index is 15.5. The zero-order chi connectivity index (χ0) is 25.8. The summed E-state index contributed by atoms with van der Waals surface area (Å²) in [6, 6.07) is 3.72. The molecule has 36 heavy (non-hydrogen) atoms. The third kappa shape index (κ3) is 4.17. The lowest BCUT2D eigenvalue weighted by Crippen LogP contribution is -2.29. The number of carbonyl (C=O) groups excluding carboxylic acids is 1. The minimum Gasteiger partial charge on any atom is -0.490 e. The highest BCUT2D eigenvalue weighted by atomic mass is 19.1. The van der Waals surface area contributed by atoms with Crippen LogP contribution in [0.4, 0.5) is 4.39 Å². The van der Waals surface area contributed by atoms with E-state index in [0.29, 0.717) is 23.6 Å². The van der Waals surface area contributed by atoms with Crippen molar-refractivity contribution in [3.63, 3.8) is 0 Å². The van der Waals surface area contributed by atoms with E-state index in [9.17, 15) is 4.79 Å². The molecule has 0 N–H and O–H groups in total. The Hall–Kier alpha value is -2.93. The maximum Gasteiger partial charge on any atom is 0.339 e. The number of halogens is 1. The third-order valence-corrected chi connectivity index (χ3v) is 7.28. The van der Waals surface area contributed by atoms with Crippen LogP contribution in [-0.4, -0.2) is 34.8 Å². The van der Waals surface area contributed by atoms with Crippen molar-refractivity contribution < 1.29 is 23.4 Å². The fourth-order valence-electron chi connectivity index (χ4n) is 5.69. The van der Waals surface area contributed by atoms with Crippen molar-refractivity contribution in [1.29, 1.82) is 0 Å². The monoisotopic (exact) mass is 494 g/mol. The smallest absolute Gasteiger partial charge is 0.339 e. The minimum atomic E-state index is -1.01. The highest BCUT2D eigenvalue weighted by molar-refractivity contribution is 5.99. The lowest BCUT2D eigenvalue weighted by molar-refractivity contribution is -0.164. The summed E-state index contributed by atoms with van der Waals surface area (Å²) in [5.41, 5.74) is 6.16. The second-order valence-electron chi connectivity index (χ2n) is 10.9. The highest BCUT2D eigenvalue weighted by Crippen LogP contribution is 2.45. The molecule has 0 fully saturated rings. The number of aryl methyl sites for hydroxylation is 3. The summed E-state index contributed by atoms with van der Waals surface area (Å²) in [6.45, 7) is 11.0. The van der Waals surface area contributed by atoms with E-state index >= 15 is 4.39 Å². The normalized spacial score (nSPS) is 16.3. The Kier molecular flexibility index (Phi) is 6.31. The summed E-state index contributed by atoms with van der Waals surface area (Å²) in [7, 11) is 1.36. The number of fused-ring (bicyclic) bond motifs is 4. The molecule has 7 heteroatoms. The summed E-state index contributed by atoms with van der Waals surface area (Å²) in [6.07, 6.45) is 3.77. The van der Waals surface area contributed by atoms with Gasteiger partial charge in [-0.3, -0.25) is 0 Å². The van der Waals surface area contributed by atoms with Gasteiger partial charge in [-0.15, -0.1) is 0 Å². The van der Waals surface area contributed by atoms with Gasteiger partial charge in [0.05, 0.1) is 19.3 Å². The van der Waals surface area contributed by atoms with Gasteiger partial charge in [-0.25, -0.2) is 14.2 Å². The molecule has 0 radical (unpaired) electrons. The third-order valence-electron chi connectivity index (χ3n) is 7.28. The molecule has 0 unspecified atom stereocenters. The van der Waals surface area contributed by atoms with E-state index in [1.54, 1.807) is 6.07 Å².